The first-order valence-corrected chi connectivity index (χ1v) is 11.2. The Balaban J connectivity index is 1.58. The van der Waals surface area contributed by atoms with E-state index in [1.54, 1.807) is 12.1 Å². The van der Waals surface area contributed by atoms with Crippen LogP contribution < -0.4 is 10.6 Å². The van der Waals surface area contributed by atoms with Gasteiger partial charge < -0.3 is 15.5 Å². The highest BCUT2D eigenvalue weighted by atomic mass is 16.1. The van der Waals surface area contributed by atoms with Crippen LogP contribution in [0.2, 0.25) is 0 Å². The van der Waals surface area contributed by atoms with E-state index in [0.29, 0.717) is 11.5 Å². The van der Waals surface area contributed by atoms with Crippen LogP contribution in [0.25, 0.3) is 11.1 Å². The number of hydrogen-bond acceptors (Lipinski definition) is 5. The monoisotopic (exact) mass is 429 g/mol. The molecule has 1 aliphatic rings. The summed E-state index contributed by atoms with van der Waals surface area (Å²) in [4.78, 5) is 25.5. The largest absolute Gasteiger partial charge is 0.366 e. The minimum atomic E-state index is -0.419. The summed E-state index contributed by atoms with van der Waals surface area (Å²) < 4.78 is 0. The Morgan fingerprint density at radius 2 is 1.88 bits per heavy atom. The molecule has 0 bridgehead atoms. The minimum absolute atomic E-state index is 0.340. The number of piperidine rings is 1. The fraction of sp³-hybridized carbons (Fsp3) is 0.346. The molecule has 32 heavy (non-hydrogen) atoms. The molecule has 6 nitrogen and oxygen atoms in total. The number of rotatable bonds is 7. The number of nitrogens with two attached hydrogens (primary N) is 1. The molecule has 1 aliphatic heterocycles. The van der Waals surface area contributed by atoms with Crippen molar-refractivity contribution in [2.45, 2.75) is 25.2 Å². The van der Waals surface area contributed by atoms with Crippen molar-refractivity contribution >= 4 is 11.9 Å². The highest BCUT2D eigenvalue weighted by Gasteiger charge is 2.26. The number of amides is 1. The summed E-state index contributed by atoms with van der Waals surface area (Å²) in [6.07, 6.45) is 5.24. The van der Waals surface area contributed by atoms with E-state index in [1.807, 2.05) is 37.3 Å². The van der Waals surface area contributed by atoms with Gasteiger partial charge in [0.2, 0.25) is 11.9 Å². The van der Waals surface area contributed by atoms with Crippen molar-refractivity contribution in [3.05, 3.63) is 77.6 Å². The molecular formula is C26H31N5O. The zero-order valence-corrected chi connectivity index (χ0v) is 18.9. The molecule has 0 radical (unpaired) electrons. The molecule has 1 fully saturated rings. The molecule has 0 saturated carbocycles. The summed E-state index contributed by atoms with van der Waals surface area (Å²) in [6, 6.07) is 18.1. The van der Waals surface area contributed by atoms with Gasteiger partial charge in [-0.1, -0.05) is 42.5 Å². The van der Waals surface area contributed by atoms with Gasteiger partial charge in [-0.05, 0) is 49.1 Å². The Hall–Kier alpha value is -3.25. The van der Waals surface area contributed by atoms with Crippen molar-refractivity contribution in [1.29, 1.82) is 0 Å². The third-order valence-corrected chi connectivity index (χ3v) is 6.14. The van der Waals surface area contributed by atoms with E-state index in [-0.39, 0.29) is 0 Å². The molecule has 2 heterocycles. The van der Waals surface area contributed by atoms with Gasteiger partial charge in [0, 0.05) is 50.4 Å². The summed E-state index contributed by atoms with van der Waals surface area (Å²) in [7, 11) is 3.93. The molecule has 0 spiro atoms. The van der Waals surface area contributed by atoms with Crippen molar-refractivity contribution in [2.75, 3.05) is 38.6 Å². The Labute approximate surface area is 190 Å². The smallest absolute Gasteiger partial charge is 0.248 e. The highest BCUT2D eigenvalue weighted by molar-refractivity contribution is 5.93. The summed E-state index contributed by atoms with van der Waals surface area (Å²) in [5.41, 5.74) is 10.4. The molecule has 0 aliphatic carbocycles. The van der Waals surface area contributed by atoms with E-state index in [4.69, 9.17) is 10.7 Å². The number of aromatic nitrogens is 2. The lowest BCUT2D eigenvalue weighted by atomic mass is 9.89. The van der Waals surface area contributed by atoms with Gasteiger partial charge in [0.15, 0.2) is 0 Å². The van der Waals surface area contributed by atoms with Gasteiger partial charge in [-0.15, -0.1) is 0 Å². The van der Waals surface area contributed by atoms with Crippen LogP contribution in [0.15, 0.2) is 60.8 Å². The Morgan fingerprint density at radius 1 is 1.12 bits per heavy atom. The normalized spacial score (nSPS) is 16.6. The lowest BCUT2D eigenvalue weighted by Crippen LogP contribution is -2.36. The summed E-state index contributed by atoms with van der Waals surface area (Å²) in [5, 5.41) is 0. The maximum absolute atomic E-state index is 11.5. The molecule has 3 aromatic rings. The number of nitrogens with zero attached hydrogens (tertiary/aromatic N) is 4. The van der Waals surface area contributed by atoms with Crippen molar-refractivity contribution in [2.24, 2.45) is 5.73 Å². The number of carbonyl (C=O) groups is 1. The first kappa shape index (κ1) is 22.0. The van der Waals surface area contributed by atoms with Crippen LogP contribution in [0.5, 0.6) is 0 Å². The third kappa shape index (κ3) is 5.14. The average Bonchev–Trinajstić information content (AvgIpc) is 2.83. The van der Waals surface area contributed by atoms with Crippen LogP contribution in [0.4, 0.5) is 5.95 Å². The second-order valence-corrected chi connectivity index (χ2v) is 8.68. The molecule has 2 N–H and O–H groups in total. The lowest BCUT2D eigenvalue weighted by molar-refractivity contribution is 0.100. The Bertz CT molecular complexity index is 1050. The standard InChI is InChI=1S/C26H31N5O/c1-30(2)26-28-17-23(20-10-12-21(13-11-20)25(27)32)24(29-26)22-9-6-15-31(18-22)16-14-19-7-4-3-5-8-19/h3-5,7-8,10-13,17,22H,6,9,14-16,18H2,1-2H3,(H2,27,32)/t22-/m0/s1. The predicted octanol–water partition coefficient (Wildman–Crippen LogP) is 3.73. The summed E-state index contributed by atoms with van der Waals surface area (Å²) >= 11 is 0. The number of anilines is 1. The quantitative estimate of drug-likeness (QED) is 0.619. The van der Waals surface area contributed by atoms with Crippen LogP contribution in [-0.2, 0) is 6.42 Å². The molecule has 1 saturated heterocycles. The van der Waals surface area contributed by atoms with E-state index >= 15 is 0 Å². The molecule has 166 valence electrons. The second kappa shape index (κ2) is 9.92. The fourth-order valence-electron chi connectivity index (χ4n) is 4.36. The van der Waals surface area contributed by atoms with Gasteiger partial charge in [0.25, 0.3) is 0 Å². The molecule has 6 heteroatoms. The second-order valence-electron chi connectivity index (χ2n) is 8.68. The van der Waals surface area contributed by atoms with Crippen LogP contribution in [0, 0.1) is 0 Å². The predicted molar refractivity (Wildman–Crippen MR) is 129 cm³/mol. The summed E-state index contributed by atoms with van der Waals surface area (Å²) in [6.45, 7) is 3.16. The van der Waals surface area contributed by atoms with E-state index in [2.05, 4.69) is 40.2 Å². The van der Waals surface area contributed by atoms with E-state index < -0.39 is 5.91 Å². The van der Waals surface area contributed by atoms with Crippen LogP contribution in [0.3, 0.4) is 0 Å². The molecule has 0 unspecified atom stereocenters. The number of likely N-dealkylation sites (tertiary alicyclic amines) is 1. The third-order valence-electron chi connectivity index (χ3n) is 6.14. The van der Waals surface area contributed by atoms with Crippen LogP contribution in [0.1, 0.15) is 40.4 Å². The molecule has 1 amide bonds. The SMILES string of the molecule is CN(C)c1ncc(-c2ccc(C(N)=O)cc2)c([C@H]2CCCN(CCc3ccccc3)C2)n1. The number of benzene rings is 2. The zero-order valence-electron chi connectivity index (χ0n) is 18.9. The maximum atomic E-state index is 11.5. The van der Waals surface area contributed by atoms with E-state index in [0.717, 1.165) is 61.7 Å². The average molecular weight is 430 g/mol. The van der Waals surface area contributed by atoms with E-state index in [1.165, 1.54) is 5.56 Å². The highest BCUT2D eigenvalue weighted by Crippen LogP contribution is 2.34. The lowest BCUT2D eigenvalue weighted by Gasteiger charge is -2.33. The van der Waals surface area contributed by atoms with Gasteiger partial charge in [-0.25, -0.2) is 9.97 Å². The topological polar surface area (TPSA) is 75.4 Å². The van der Waals surface area contributed by atoms with Crippen molar-refractivity contribution in [3.8, 4) is 11.1 Å². The van der Waals surface area contributed by atoms with Crippen LogP contribution >= 0.6 is 0 Å². The fourth-order valence-corrected chi connectivity index (χ4v) is 4.36. The Morgan fingerprint density at radius 3 is 2.56 bits per heavy atom. The molecular weight excluding hydrogens is 398 g/mol. The van der Waals surface area contributed by atoms with Crippen molar-refractivity contribution in [3.63, 3.8) is 0 Å². The Kier molecular flexibility index (Phi) is 6.81. The number of carbonyl (C=O) groups excluding carboxylic acids is 1. The zero-order chi connectivity index (χ0) is 22.5. The van der Waals surface area contributed by atoms with Gasteiger partial charge >= 0.3 is 0 Å². The van der Waals surface area contributed by atoms with Gasteiger partial charge in [-0.3, -0.25) is 4.79 Å². The van der Waals surface area contributed by atoms with Gasteiger partial charge in [0.1, 0.15) is 0 Å². The maximum Gasteiger partial charge on any atom is 0.248 e. The molecule has 1 aromatic heterocycles. The van der Waals surface area contributed by atoms with Crippen molar-refractivity contribution < 1.29 is 4.79 Å². The van der Waals surface area contributed by atoms with Gasteiger partial charge in [-0.2, -0.15) is 0 Å². The van der Waals surface area contributed by atoms with E-state index in [9.17, 15) is 4.79 Å². The first-order valence-electron chi connectivity index (χ1n) is 11.2. The molecule has 2 aromatic carbocycles. The van der Waals surface area contributed by atoms with Crippen LogP contribution in [-0.4, -0.2) is 54.5 Å². The number of hydrogen-bond donors (Lipinski definition) is 1. The molecule has 4 rings (SSSR count). The van der Waals surface area contributed by atoms with Crippen molar-refractivity contribution in [1.82, 2.24) is 14.9 Å². The van der Waals surface area contributed by atoms with Gasteiger partial charge in [0.05, 0.1) is 5.69 Å². The molecule has 1 atom stereocenters. The summed E-state index contributed by atoms with van der Waals surface area (Å²) in [5.74, 6) is 0.642. The first-order chi connectivity index (χ1) is 15.5. The minimum Gasteiger partial charge on any atom is -0.366 e. The number of primary amides is 1.